The molecular formula is C18H27N3. The SMILES string of the molecule is CCNC(Cc1cc(C)nn1CC)c1cc(C)ccc1C. The Balaban J connectivity index is 2.32. The standard InChI is InChI=1S/C18H27N3/c1-6-19-18(17-10-13(3)8-9-14(17)4)12-16-11-15(5)20-21(16)7-2/h8-11,18-19H,6-7,12H2,1-5H3. The lowest BCUT2D eigenvalue weighted by atomic mass is 9.95. The second kappa shape index (κ2) is 6.90. The molecule has 0 fully saturated rings. The van der Waals surface area contributed by atoms with Gasteiger partial charge in [-0.15, -0.1) is 0 Å². The van der Waals surface area contributed by atoms with E-state index in [9.17, 15) is 0 Å². The van der Waals surface area contributed by atoms with Crippen LogP contribution in [0.5, 0.6) is 0 Å². The molecule has 0 aliphatic rings. The van der Waals surface area contributed by atoms with Crippen LogP contribution >= 0.6 is 0 Å². The van der Waals surface area contributed by atoms with E-state index in [-0.39, 0.29) is 0 Å². The highest BCUT2D eigenvalue weighted by Crippen LogP contribution is 2.23. The van der Waals surface area contributed by atoms with Crippen molar-refractivity contribution in [2.45, 2.75) is 53.6 Å². The molecule has 0 radical (unpaired) electrons. The number of benzene rings is 1. The van der Waals surface area contributed by atoms with Gasteiger partial charge in [-0.1, -0.05) is 30.7 Å². The van der Waals surface area contributed by atoms with Gasteiger partial charge in [0.1, 0.15) is 0 Å². The summed E-state index contributed by atoms with van der Waals surface area (Å²) in [5, 5.41) is 8.20. The molecule has 1 aromatic carbocycles. The summed E-state index contributed by atoms with van der Waals surface area (Å²) >= 11 is 0. The van der Waals surface area contributed by atoms with Crippen LogP contribution < -0.4 is 5.32 Å². The summed E-state index contributed by atoms with van der Waals surface area (Å²) in [7, 11) is 0. The van der Waals surface area contributed by atoms with Gasteiger partial charge in [0.05, 0.1) is 5.69 Å². The smallest absolute Gasteiger partial charge is 0.0596 e. The molecule has 1 heterocycles. The first-order valence-electron chi connectivity index (χ1n) is 7.89. The van der Waals surface area contributed by atoms with Crippen molar-refractivity contribution in [2.24, 2.45) is 0 Å². The zero-order chi connectivity index (χ0) is 15.4. The molecule has 21 heavy (non-hydrogen) atoms. The summed E-state index contributed by atoms with van der Waals surface area (Å²) < 4.78 is 2.12. The van der Waals surface area contributed by atoms with Crippen molar-refractivity contribution in [1.82, 2.24) is 15.1 Å². The minimum absolute atomic E-state index is 0.344. The molecule has 0 amide bonds. The molecule has 2 aromatic rings. The lowest BCUT2D eigenvalue weighted by Gasteiger charge is -2.21. The molecule has 1 N–H and O–H groups in total. The Hall–Kier alpha value is -1.61. The molecule has 1 unspecified atom stereocenters. The van der Waals surface area contributed by atoms with E-state index >= 15 is 0 Å². The molecule has 0 saturated heterocycles. The fraction of sp³-hybridized carbons (Fsp3) is 0.500. The quantitative estimate of drug-likeness (QED) is 0.876. The Kier molecular flexibility index (Phi) is 5.18. The van der Waals surface area contributed by atoms with Crippen molar-refractivity contribution in [3.8, 4) is 0 Å². The summed E-state index contributed by atoms with van der Waals surface area (Å²) in [5.74, 6) is 0. The molecule has 3 nitrogen and oxygen atoms in total. The maximum atomic E-state index is 4.56. The van der Waals surface area contributed by atoms with Crippen LogP contribution in [0, 0.1) is 20.8 Å². The normalized spacial score (nSPS) is 12.6. The summed E-state index contributed by atoms with van der Waals surface area (Å²) in [6.45, 7) is 12.6. The van der Waals surface area contributed by atoms with Gasteiger partial charge in [0.2, 0.25) is 0 Å². The number of nitrogens with zero attached hydrogens (tertiary/aromatic N) is 2. The van der Waals surface area contributed by atoms with Crippen LogP contribution in [0.1, 0.15) is 48.0 Å². The van der Waals surface area contributed by atoms with Crippen LogP contribution in [0.25, 0.3) is 0 Å². The monoisotopic (exact) mass is 285 g/mol. The van der Waals surface area contributed by atoms with Crippen LogP contribution in [0.2, 0.25) is 0 Å². The maximum absolute atomic E-state index is 4.56. The van der Waals surface area contributed by atoms with E-state index in [1.807, 2.05) is 0 Å². The molecule has 0 aliphatic carbocycles. The van der Waals surface area contributed by atoms with Crippen molar-refractivity contribution in [3.63, 3.8) is 0 Å². The highest BCUT2D eigenvalue weighted by atomic mass is 15.3. The molecular weight excluding hydrogens is 258 g/mol. The van der Waals surface area contributed by atoms with E-state index < -0.39 is 0 Å². The van der Waals surface area contributed by atoms with Gasteiger partial charge in [0.15, 0.2) is 0 Å². The zero-order valence-corrected chi connectivity index (χ0v) is 13.9. The van der Waals surface area contributed by atoms with E-state index in [4.69, 9.17) is 0 Å². The maximum Gasteiger partial charge on any atom is 0.0596 e. The Morgan fingerprint density at radius 3 is 2.57 bits per heavy atom. The van der Waals surface area contributed by atoms with Crippen molar-refractivity contribution in [2.75, 3.05) is 6.54 Å². The molecule has 0 spiro atoms. The Labute approximate surface area is 128 Å². The molecule has 2 rings (SSSR count). The van der Waals surface area contributed by atoms with Crippen molar-refractivity contribution in [1.29, 1.82) is 0 Å². The number of hydrogen-bond donors (Lipinski definition) is 1. The lowest BCUT2D eigenvalue weighted by molar-refractivity contribution is 0.514. The van der Waals surface area contributed by atoms with Crippen LogP contribution in [-0.2, 0) is 13.0 Å². The highest BCUT2D eigenvalue weighted by molar-refractivity contribution is 5.34. The summed E-state index contributed by atoms with van der Waals surface area (Å²) in [6.07, 6.45) is 0.979. The zero-order valence-electron chi connectivity index (χ0n) is 13.9. The van der Waals surface area contributed by atoms with Gasteiger partial charge in [0, 0.05) is 24.7 Å². The van der Waals surface area contributed by atoms with Crippen molar-refractivity contribution < 1.29 is 0 Å². The molecule has 0 bridgehead atoms. The van der Waals surface area contributed by atoms with Gasteiger partial charge >= 0.3 is 0 Å². The van der Waals surface area contributed by atoms with E-state index in [0.29, 0.717) is 6.04 Å². The third-order valence-electron chi connectivity index (χ3n) is 3.96. The summed E-state index contributed by atoms with van der Waals surface area (Å²) in [5.41, 5.74) is 6.48. The highest BCUT2D eigenvalue weighted by Gasteiger charge is 2.16. The number of hydrogen-bond acceptors (Lipinski definition) is 2. The average Bonchev–Trinajstić information content (AvgIpc) is 2.81. The number of aryl methyl sites for hydroxylation is 4. The number of rotatable bonds is 6. The van der Waals surface area contributed by atoms with E-state index in [1.165, 1.54) is 22.4 Å². The molecule has 1 aromatic heterocycles. The van der Waals surface area contributed by atoms with Gasteiger partial charge in [-0.05, 0) is 51.4 Å². The van der Waals surface area contributed by atoms with E-state index in [2.05, 4.69) is 74.0 Å². The van der Waals surface area contributed by atoms with E-state index in [1.54, 1.807) is 0 Å². The Morgan fingerprint density at radius 1 is 1.14 bits per heavy atom. The second-order valence-corrected chi connectivity index (χ2v) is 5.77. The molecule has 0 aliphatic heterocycles. The number of likely N-dealkylation sites (N-methyl/N-ethyl adjacent to an activating group) is 1. The first kappa shape index (κ1) is 15.8. The first-order chi connectivity index (χ1) is 10.0. The van der Waals surface area contributed by atoms with Gasteiger partial charge in [-0.3, -0.25) is 4.68 Å². The molecule has 114 valence electrons. The summed E-state index contributed by atoms with van der Waals surface area (Å²) in [4.78, 5) is 0. The van der Waals surface area contributed by atoms with Gasteiger partial charge in [0.25, 0.3) is 0 Å². The predicted octanol–water partition coefficient (Wildman–Crippen LogP) is 3.72. The van der Waals surface area contributed by atoms with Gasteiger partial charge in [-0.2, -0.15) is 5.10 Å². The Bertz CT molecular complexity index is 599. The lowest BCUT2D eigenvalue weighted by Crippen LogP contribution is -2.25. The van der Waals surface area contributed by atoms with Crippen LogP contribution in [0.15, 0.2) is 24.3 Å². The second-order valence-electron chi connectivity index (χ2n) is 5.77. The van der Waals surface area contributed by atoms with Crippen LogP contribution in [0.3, 0.4) is 0 Å². The van der Waals surface area contributed by atoms with E-state index in [0.717, 1.165) is 25.2 Å². The minimum atomic E-state index is 0.344. The molecule has 3 heteroatoms. The third-order valence-corrected chi connectivity index (χ3v) is 3.96. The fourth-order valence-electron chi connectivity index (χ4n) is 2.92. The minimum Gasteiger partial charge on any atom is -0.310 e. The van der Waals surface area contributed by atoms with Crippen molar-refractivity contribution >= 4 is 0 Å². The van der Waals surface area contributed by atoms with Crippen LogP contribution in [-0.4, -0.2) is 16.3 Å². The molecule has 1 atom stereocenters. The molecule has 0 saturated carbocycles. The fourth-order valence-corrected chi connectivity index (χ4v) is 2.92. The predicted molar refractivity (Wildman–Crippen MR) is 88.7 cm³/mol. The summed E-state index contributed by atoms with van der Waals surface area (Å²) in [6, 6.07) is 9.26. The third kappa shape index (κ3) is 3.73. The Morgan fingerprint density at radius 2 is 1.90 bits per heavy atom. The number of aromatic nitrogens is 2. The van der Waals surface area contributed by atoms with Gasteiger partial charge in [-0.25, -0.2) is 0 Å². The first-order valence-corrected chi connectivity index (χ1v) is 7.89. The topological polar surface area (TPSA) is 29.9 Å². The average molecular weight is 285 g/mol. The number of nitrogens with one attached hydrogen (secondary N) is 1. The van der Waals surface area contributed by atoms with Crippen LogP contribution in [0.4, 0.5) is 0 Å². The van der Waals surface area contributed by atoms with Gasteiger partial charge < -0.3 is 5.32 Å². The largest absolute Gasteiger partial charge is 0.310 e. The van der Waals surface area contributed by atoms with Crippen molar-refractivity contribution in [3.05, 3.63) is 52.3 Å².